The van der Waals surface area contributed by atoms with Crippen LogP contribution in [0.1, 0.15) is 5.82 Å². The fourth-order valence-electron chi connectivity index (χ4n) is 0.640. The lowest BCUT2D eigenvalue weighted by Crippen LogP contribution is -2.36. The first-order chi connectivity index (χ1) is 6.33. The molecule has 0 aliphatic carbocycles. The van der Waals surface area contributed by atoms with Gasteiger partial charge in [0.05, 0.1) is 6.54 Å². The van der Waals surface area contributed by atoms with Crippen molar-refractivity contribution < 1.29 is 21.6 Å². The highest BCUT2D eigenvalue weighted by Crippen LogP contribution is 2.21. The van der Waals surface area contributed by atoms with E-state index >= 15 is 0 Å². The predicted molar refractivity (Wildman–Crippen MR) is 40.4 cm³/mol. The molecule has 0 amide bonds. The van der Waals surface area contributed by atoms with Crippen LogP contribution in [0.3, 0.4) is 0 Å². The number of hydrogen-bond acceptors (Lipinski definition) is 3. The fourth-order valence-corrected chi connectivity index (χ4v) is 1.13. The maximum Gasteiger partial charge on any atom is 0.511 e. The van der Waals surface area contributed by atoms with E-state index in [1.807, 2.05) is 0 Å². The van der Waals surface area contributed by atoms with Crippen LogP contribution in [-0.2, 0) is 16.6 Å². The van der Waals surface area contributed by atoms with Crippen molar-refractivity contribution in [1.29, 1.82) is 0 Å². The minimum atomic E-state index is -5.29. The number of halogens is 3. The van der Waals surface area contributed by atoms with E-state index in [2.05, 4.69) is 9.97 Å². The highest BCUT2D eigenvalue weighted by molar-refractivity contribution is 7.90. The summed E-state index contributed by atoms with van der Waals surface area (Å²) in [6.07, 6.45) is 2.68. The van der Waals surface area contributed by atoms with Crippen LogP contribution in [0.2, 0.25) is 0 Å². The van der Waals surface area contributed by atoms with Crippen LogP contribution >= 0.6 is 0 Å². The molecule has 0 aliphatic rings. The number of imidazole rings is 1. The molecule has 0 saturated carbocycles. The molecule has 1 aromatic heterocycles. The molecule has 1 aromatic rings. The number of nitrogens with one attached hydrogen (secondary N) is 2. The predicted octanol–water partition coefficient (Wildman–Crippen LogP) is 0.349. The van der Waals surface area contributed by atoms with Crippen LogP contribution in [0.25, 0.3) is 0 Å². The Hall–Kier alpha value is -1.09. The van der Waals surface area contributed by atoms with E-state index in [0.717, 1.165) is 0 Å². The lowest BCUT2D eigenvalue weighted by Gasteiger charge is -2.07. The summed E-state index contributed by atoms with van der Waals surface area (Å²) in [5.74, 6) is 0.109. The minimum absolute atomic E-state index is 0.109. The molecule has 14 heavy (non-hydrogen) atoms. The summed E-state index contributed by atoms with van der Waals surface area (Å²) >= 11 is 0. The Morgan fingerprint density at radius 3 is 2.57 bits per heavy atom. The minimum Gasteiger partial charge on any atom is -0.347 e. The van der Waals surface area contributed by atoms with Crippen molar-refractivity contribution in [3.05, 3.63) is 18.2 Å². The van der Waals surface area contributed by atoms with E-state index in [9.17, 15) is 21.6 Å². The fraction of sp³-hybridized carbons (Fsp3) is 0.400. The van der Waals surface area contributed by atoms with E-state index < -0.39 is 22.1 Å². The van der Waals surface area contributed by atoms with Crippen LogP contribution in [0, 0.1) is 0 Å². The average molecular weight is 229 g/mol. The smallest absolute Gasteiger partial charge is 0.347 e. The monoisotopic (exact) mass is 229 g/mol. The van der Waals surface area contributed by atoms with Gasteiger partial charge in [-0.2, -0.15) is 17.9 Å². The van der Waals surface area contributed by atoms with E-state index in [1.54, 1.807) is 0 Å². The largest absolute Gasteiger partial charge is 0.511 e. The standard InChI is InChI=1S/C5H6F3N3O2S/c6-5(7,8)14(12,13)11-3-4-9-1-2-10-4/h1-2,11H,3H2,(H,9,10). The summed E-state index contributed by atoms with van der Waals surface area (Å²) in [5.41, 5.74) is -5.29. The molecule has 0 fully saturated rings. The Morgan fingerprint density at radius 1 is 1.50 bits per heavy atom. The summed E-state index contributed by atoms with van der Waals surface area (Å²) in [6.45, 7) is -0.519. The molecule has 0 aromatic carbocycles. The average Bonchev–Trinajstić information content (AvgIpc) is 2.50. The molecule has 0 saturated heterocycles. The molecular formula is C5H6F3N3O2S. The summed E-state index contributed by atoms with van der Waals surface area (Å²) in [5, 5.41) is 0. The molecule has 9 heteroatoms. The zero-order valence-electron chi connectivity index (χ0n) is 6.67. The van der Waals surface area contributed by atoms with Gasteiger partial charge in [0.15, 0.2) is 0 Å². The quantitative estimate of drug-likeness (QED) is 0.785. The first kappa shape index (κ1) is 11.0. The van der Waals surface area contributed by atoms with E-state index in [0.29, 0.717) is 0 Å². The maximum absolute atomic E-state index is 11.8. The molecule has 0 radical (unpaired) electrons. The van der Waals surface area contributed by atoms with Gasteiger partial charge in [-0.25, -0.2) is 13.4 Å². The van der Waals surface area contributed by atoms with Crippen molar-refractivity contribution in [2.75, 3.05) is 0 Å². The van der Waals surface area contributed by atoms with Gasteiger partial charge in [0.1, 0.15) is 5.82 Å². The van der Waals surface area contributed by atoms with Gasteiger partial charge in [-0.3, -0.25) is 0 Å². The number of sulfonamides is 1. The molecular weight excluding hydrogens is 223 g/mol. The first-order valence-electron chi connectivity index (χ1n) is 3.37. The van der Waals surface area contributed by atoms with Crippen LogP contribution in [-0.4, -0.2) is 23.9 Å². The van der Waals surface area contributed by atoms with Gasteiger partial charge in [-0.05, 0) is 0 Å². The maximum atomic E-state index is 11.8. The number of rotatable bonds is 3. The molecule has 0 aliphatic heterocycles. The van der Waals surface area contributed by atoms with E-state index in [-0.39, 0.29) is 5.82 Å². The Balaban J connectivity index is 2.63. The second kappa shape index (κ2) is 3.58. The second-order valence-electron chi connectivity index (χ2n) is 2.31. The van der Waals surface area contributed by atoms with Gasteiger partial charge in [-0.1, -0.05) is 0 Å². The SMILES string of the molecule is O=S(=O)(NCc1ncc[nH]1)C(F)(F)F. The highest BCUT2D eigenvalue weighted by atomic mass is 32.2. The van der Waals surface area contributed by atoms with Gasteiger partial charge < -0.3 is 4.98 Å². The van der Waals surface area contributed by atoms with Gasteiger partial charge in [0.2, 0.25) is 0 Å². The molecule has 80 valence electrons. The molecule has 1 heterocycles. The van der Waals surface area contributed by atoms with Crippen molar-refractivity contribution in [2.24, 2.45) is 0 Å². The van der Waals surface area contributed by atoms with Crippen molar-refractivity contribution in [3.8, 4) is 0 Å². The van der Waals surface area contributed by atoms with Gasteiger partial charge in [0, 0.05) is 12.4 Å². The molecule has 0 atom stereocenters. The number of aromatic nitrogens is 2. The topological polar surface area (TPSA) is 74.8 Å². The van der Waals surface area contributed by atoms with Gasteiger partial charge >= 0.3 is 15.5 Å². The summed E-state index contributed by atoms with van der Waals surface area (Å²) < 4.78 is 57.6. The summed E-state index contributed by atoms with van der Waals surface area (Å²) in [4.78, 5) is 6.01. The Kier molecular flexibility index (Phi) is 2.81. The zero-order chi connectivity index (χ0) is 10.8. The summed E-state index contributed by atoms with van der Waals surface area (Å²) in [7, 11) is -5.28. The molecule has 5 nitrogen and oxygen atoms in total. The van der Waals surface area contributed by atoms with E-state index in [4.69, 9.17) is 0 Å². The van der Waals surface area contributed by atoms with Crippen LogP contribution in [0.15, 0.2) is 12.4 Å². The third kappa shape index (κ3) is 2.45. The molecule has 2 N–H and O–H groups in total. The molecule has 0 unspecified atom stereocenters. The van der Waals surface area contributed by atoms with Crippen molar-refractivity contribution in [1.82, 2.24) is 14.7 Å². The summed E-state index contributed by atoms with van der Waals surface area (Å²) in [6, 6.07) is 0. The molecule has 0 bridgehead atoms. The third-order valence-corrected chi connectivity index (χ3v) is 2.42. The highest BCUT2D eigenvalue weighted by Gasteiger charge is 2.45. The molecule has 1 rings (SSSR count). The number of nitrogens with zero attached hydrogens (tertiary/aromatic N) is 1. The lowest BCUT2D eigenvalue weighted by atomic mass is 10.6. The van der Waals surface area contributed by atoms with Crippen LogP contribution < -0.4 is 4.72 Å². The Morgan fingerprint density at radius 2 is 2.14 bits per heavy atom. The van der Waals surface area contributed by atoms with Gasteiger partial charge in [-0.15, -0.1) is 0 Å². The Labute approximate surface area is 77.4 Å². The lowest BCUT2D eigenvalue weighted by molar-refractivity contribution is -0.0448. The number of hydrogen-bond donors (Lipinski definition) is 2. The number of aromatic amines is 1. The zero-order valence-corrected chi connectivity index (χ0v) is 7.48. The first-order valence-corrected chi connectivity index (χ1v) is 4.85. The second-order valence-corrected chi connectivity index (χ2v) is 4.06. The van der Waals surface area contributed by atoms with Crippen LogP contribution in [0.4, 0.5) is 13.2 Å². The van der Waals surface area contributed by atoms with E-state index in [1.165, 1.54) is 17.1 Å². The number of alkyl halides is 3. The van der Waals surface area contributed by atoms with Crippen molar-refractivity contribution in [3.63, 3.8) is 0 Å². The van der Waals surface area contributed by atoms with Crippen molar-refractivity contribution >= 4 is 10.0 Å². The Bertz CT molecular complexity index is 383. The van der Waals surface area contributed by atoms with Crippen LogP contribution in [0.5, 0.6) is 0 Å². The van der Waals surface area contributed by atoms with Crippen molar-refractivity contribution in [2.45, 2.75) is 12.1 Å². The normalized spacial score (nSPS) is 13.1. The molecule has 0 spiro atoms. The third-order valence-electron chi connectivity index (χ3n) is 1.29. The van der Waals surface area contributed by atoms with Gasteiger partial charge in [0.25, 0.3) is 0 Å². The number of H-pyrrole nitrogens is 1.